The molecule has 0 amide bonds. The first kappa shape index (κ1) is 15.2. The van der Waals surface area contributed by atoms with Crippen molar-refractivity contribution in [2.45, 2.75) is 13.8 Å². The van der Waals surface area contributed by atoms with E-state index in [0.717, 1.165) is 6.07 Å². The maximum absolute atomic E-state index is 11.3. The van der Waals surface area contributed by atoms with Gasteiger partial charge in [0.1, 0.15) is 11.4 Å². The summed E-state index contributed by atoms with van der Waals surface area (Å²) in [5.41, 5.74) is 0.244. The number of nitro groups is 1. The van der Waals surface area contributed by atoms with E-state index >= 15 is 0 Å². The predicted octanol–water partition coefficient (Wildman–Crippen LogP) is 2.83. The number of benzene rings is 1. The van der Waals surface area contributed by atoms with E-state index in [0.29, 0.717) is 18.8 Å². The Hall–Kier alpha value is -1.82. The molecule has 0 aliphatic carbocycles. The highest BCUT2D eigenvalue weighted by Gasteiger charge is 2.24. The van der Waals surface area contributed by atoms with Crippen molar-refractivity contribution in [3.05, 3.63) is 27.8 Å². The topological polar surface area (TPSA) is 72.7 Å². The van der Waals surface area contributed by atoms with Crippen molar-refractivity contribution in [1.82, 2.24) is 0 Å². The fraction of sp³-hybridized carbons (Fsp3) is 0.417. The van der Waals surface area contributed by atoms with E-state index in [9.17, 15) is 14.9 Å². The number of methoxy groups -OCH3 is 1. The number of carbonyl (C=O) groups is 1. The van der Waals surface area contributed by atoms with Gasteiger partial charge in [-0.2, -0.15) is 0 Å². The van der Waals surface area contributed by atoms with Crippen LogP contribution in [0.3, 0.4) is 0 Å². The lowest BCUT2D eigenvalue weighted by molar-refractivity contribution is -0.384. The van der Waals surface area contributed by atoms with Crippen molar-refractivity contribution in [1.29, 1.82) is 0 Å². The molecule has 0 saturated heterocycles. The van der Waals surface area contributed by atoms with Gasteiger partial charge in [0.25, 0.3) is 10.9 Å². The first-order valence-corrected chi connectivity index (χ1v) is 6.15. The van der Waals surface area contributed by atoms with Gasteiger partial charge in [-0.1, -0.05) is 0 Å². The van der Waals surface area contributed by atoms with Crippen LogP contribution in [0.5, 0.6) is 5.75 Å². The van der Waals surface area contributed by atoms with E-state index in [-0.39, 0.29) is 17.0 Å². The number of ether oxygens (including phenoxy) is 1. The van der Waals surface area contributed by atoms with Gasteiger partial charge >= 0.3 is 0 Å². The van der Waals surface area contributed by atoms with Crippen LogP contribution < -0.4 is 9.64 Å². The molecule has 0 aromatic heterocycles. The van der Waals surface area contributed by atoms with E-state index in [2.05, 4.69) is 0 Å². The second-order valence-corrected chi connectivity index (χ2v) is 4.09. The third kappa shape index (κ3) is 3.14. The van der Waals surface area contributed by atoms with E-state index < -0.39 is 10.2 Å². The Kier molecular flexibility index (Phi) is 5.11. The molecular formula is C12H15ClN2O4. The molecule has 0 atom stereocenters. The summed E-state index contributed by atoms with van der Waals surface area (Å²) in [7, 11) is 1.39. The molecule has 1 aromatic carbocycles. The number of hydrogen-bond donors (Lipinski definition) is 0. The second-order valence-electron chi connectivity index (χ2n) is 3.74. The lowest BCUT2D eigenvalue weighted by Gasteiger charge is -2.21. The van der Waals surface area contributed by atoms with Gasteiger partial charge in [-0.3, -0.25) is 14.9 Å². The Morgan fingerprint density at radius 1 is 1.42 bits per heavy atom. The molecule has 0 heterocycles. The Morgan fingerprint density at radius 2 is 2.00 bits per heavy atom. The molecule has 0 unspecified atom stereocenters. The van der Waals surface area contributed by atoms with Gasteiger partial charge in [0.15, 0.2) is 0 Å². The van der Waals surface area contributed by atoms with Crippen LogP contribution in [-0.4, -0.2) is 30.4 Å². The smallest absolute Gasteiger partial charge is 0.293 e. The van der Waals surface area contributed by atoms with Gasteiger partial charge in [-0.05, 0) is 25.4 Å². The number of nitro benzene ring substituents is 1. The van der Waals surface area contributed by atoms with Crippen molar-refractivity contribution in [2.24, 2.45) is 0 Å². The lowest BCUT2D eigenvalue weighted by atomic mass is 10.1. The summed E-state index contributed by atoms with van der Waals surface area (Å²) >= 11 is 5.41. The predicted molar refractivity (Wildman–Crippen MR) is 73.4 cm³/mol. The molecule has 19 heavy (non-hydrogen) atoms. The van der Waals surface area contributed by atoms with Crippen LogP contribution in [0.15, 0.2) is 12.1 Å². The molecule has 0 saturated carbocycles. The minimum absolute atomic E-state index is 0.00762. The quantitative estimate of drug-likeness (QED) is 0.457. The Morgan fingerprint density at radius 3 is 2.37 bits per heavy atom. The molecule has 1 aromatic rings. The number of nitrogens with zero attached hydrogens (tertiary/aromatic N) is 2. The molecule has 104 valence electrons. The third-order valence-corrected chi connectivity index (χ3v) is 3.01. The first-order valence-electron chi connectivity index (χ1n) is 5.77. The summed E-state index contributed by atoms with van der Waals surface area (Å²) in [6.45, 7) is 4.99. The van der Waals surface area contributed by atoms with Crippen molar-refractivity contribution in [2.75, 3.05) is 25.1 Å². The van der Waals surface area contributed by atoms with Crippen molar-refractivity contribution >= 4 is 28.2 Å². The van der Waals surface area contributed by atoms with Crippen molar-refractivity contribution < 1.29 is 14.5 Å². The molecule has 0 aliphatic rings. The van der Waals surface area contributed by atoms with Gasteiger partial charge in [-0.15, -0.1) is 0 Å². The number of halogens is 1. The Labute approximate surface area is 116 Å². The molecule has 0 N–H and O–H groups in total. The van der Waals surface area contributed by atoms with E-state index in [1.807, 2.05) is 18.7 Å². The standard InChI is InChI=1S/C12H15ClN2O4/c1-4-14(5-2)9-7-11(19-3)8(12(13)16)6-10(9)15(17)18/h6-7H,4-5H2,1-3H3. The number of carbonyl (C=O) groups excluding carboxylic acids is 1. The minimum atomic E-state index is -0.786. The molecule has 0 bridgehead atoms. The molecule has 1 rings (SSSR count). The van der Waals surface area contributed by atoms with Crippen LogP contribution in [0.4, 0.5) is 11.4 Å². The van der Waals surface area contributed by atoms with Crippen LogP contribution in [-0.2, 0) is 0 Å². The summed E-state index contributed by atoms with van der Waals surface area (Å²) in [4.78, 5) is 23.7. The summed E-state index contributed by atoms with van der Waals surface area (Å²) in [6.07, 6.45) is 0. The number of anilines is 1. The maximum Gasteiger partial charge on any atom is 0.293 e. The highest BCUT2D eigenvalue weighted by atomic mass is 35.5. The van der Waals surface area contributed by atoms with E-state index in [1.54, 1.807) is 0 Å². The van der Waals surface area contributed by atoms with Crippen LogP contribution >= 0.6 is 11.6 Å². The molecule has 0 spiro atoms. The van der Waals surface area contributed by atoms with Gasteiger partial charge in [0.2, 0.25) is 0 Å². The summed E-state index contributed by atoms with van der Waals surface area (Å²) in [5.74, 6) is 0.229. The van der Waals surface area contributed by atoms with Crippen LogP contribution in [0.2, 0.25) is 0 Å². The number of rotatable bonds is 6. The average Bonchev–Trinajstić information content (AvgIpc) is 2.38. The zero-order valence-electron chi connectivity index (χ0n) is 11.0. The fourth-order valence-corrected chi connectivity index (χ4v) is 1.99. The Balaban J connectivity index is 3.53. The second kappa shape index (κ2) is 6.38. The highest BCUT2D eigenvalue weighted by Crippen LogP contribution is 2.35. The summed E-state index contributed by atoms with van der Waals surface area (Å²) < 4.78 is 5.07. The average molecular weight is 287 g/mol. The van der Waals surface area contributed by atoms with Crippen molar-refractivity contribution in [3.8, 4) is 5.75 Å². The lowest BCUT2D eigenvalue weighted by Crippen LogP contribution is -2.23. The van der Waals surface area contributed by atoms with Gasteiger partial charge in [0, 0.05) is 25.2 Å². The minimum Gasteiger partial charge on any atom is -0.496 e. The van der Waals surface area contributed by atoms with E-state index in [4.69, 9.17) is 16.3 Å². The molecule has 6 nitrogen and oxygen atoms in total. The van der Waals surface area contributed by atoms with Crippen LogP contribution in [0, 0.1) is 10.1 Å². The van der Waals surface area contributed by atoms with Gasteiger partial charge < -0.3 is 9.64 Å². The number of hydrogen-bond acceptors (Lipinski definition) is 5. The molecule has 0 radical (unpaired) electrons. The third-order valence-electron chi connectivity index (χ3n) is 2.81. The summed E-state index contributed by atoms with van der Waals surface area (Å²) in [6, 6.07) is 2.63. The van der Waals surface area contributed by atoms with Gasteiger partial charge in [0.05, 0.1) is 17.6 Å². The zero-order chi connectivity index (χ0) is 14.6. The first-order chi connectivity index (χ1) is 8.96. The zero-order valence-corrected chi connectivity index (χ0v) is 11.7. The normalized spacial score (nSPS) is 10.1. The SMILES string of the molecule is CCN(CC)c1cc(OC)c(C(=O)Cl)cc1[N+](=O)[O-]. The monoisotopic (exact) mass is 286 g/mol. The van der Waals surface area contributed by atoms with Gasteiger partial charge in [-0.25, -0.2) is 0 Å². The fourth-order valence-electron chi connectivity index (χ4n) is 1.84. The van der Waals surface area contributed by atoms with Crippen molar-refractivity contribution in [3.63, 3.8) is 0 Å². The molecule has 0 aliphatic heterocycles. The Bertz CT molecular complexity index is 501. The summed E-state index contributed by atoms with van der Waals surface area (Å²) in [5, 5.41) is 10.3. The molecule has 0 fully saturated rings. The largest absolute Gasteiger partial charge is 0.496 e. The molecule has 7 heteroatoms. The van der Waals surface area contributed by atoms with Crippen LogP contribution in [0.25, 0.3) is 0 Å². The highest BCUT2D eigenvalue weighted by molar-refractivity contribution is 6.68. The van der Waals surface area contributed by atoms with E-state index in [1.165, 1.54) is 13.2 Å². The maximum atomic E-state index is 11.3. The molecular weight excluding hydrogens is 272 g/mol. The van der Waals surface area contributed by atoms with Crippen LogP contribution in [0.1, 0.15) is 24.2 Å².